The van der Waals surface area contributed by atoms with Crippen LogP contribution in [-0.4, -0.2) is 43.8 Å². The van der Waals surface area contributed by atoms with E-state index in [0.717, 1.165) is 32.7 Å². The molecular weight excluding hydrogens is 152 g/mol. The Bertz CT molecular complexity index is 111. The molecule has 1 aliphatic heterocycles. The van der Waals surface area contributed by atoms with Crippen LogP contribution in [0.4, 0.5) is 0 Å². The van der Waals surface area contributed by atoms with Gasteiger partial charge in [-0.15, -0.1) is 0 Å². The molecule has 72 valence electrons. The predicted molar refractivity (Wildman–Crippen MR) is 50.1 cm³/mol. The number of rotatable bonds is 4. The summed E-state index contributed by atoms with van der Waals surface area (Å²) in [5.41, 5.74) is 5.66. The van der Waals surface area contributed by atoms with Gasteiger partial charge in [-0.3, -0.25) is 4.90 Å². The second kappa shape index (κ2) is 5.51. The van der Waals surface area contributed by atoms with Gasteiger partial charge in [0, 0.05) is 19.1 Å². The summed E-state index contributed by atoms with van der Waals surface area (Å²) in [6.07, 6.45) is 2.36. The summed E-state index contributed by atoms with van der Waals surface area (Å²) in [4.78, 5) is 2.45. The molecule has 3 heteroatoms. The van der Waals surface area contributed by atoms with Crippen molar-refractivity contribution in [1.82, 2.24) is 4.90 Å². The molecule has 0 amide bonds. The van der Waals surface area contributed by atoms with Gasteiger partial charge in [0.25, 0.3) is 0 Å². The third kappa shape index (κ3) is 4.04. The molecule has 0 aromatic rings. The highest BCUT2D eigenvalue weighted by molar-refractivity contribution is 4.63. The Labute approximate surface area is 74.9 Å². The second-order valence-electron chi connectivity index (χ2n) is 3.57. The molecular formula is C9H20N2O. The third-order valence-corrected chi connectivity index (χ3v) is 2.24. The van der Waals surface area contributed by atoms with Crippen LogP contribution in [0.25, 0.3) is 0 Å². The first-order chi connectivity index (χ1) is 5.79. The minimum Gasteiger partial charge on any atom is -0.379 e. The van der Waals surface area contributed by atoms with Crippen LogP contribution in [0.3, 0.4) is 0 Å². The molecule has 0 aliphatic carbocycles. The van der Waals surface area contributed by atoms with Crippen molar-refractivity contribution in [3.05, 3.63) is 0 Å². The van der Waals surface area contributed by atoms with Crippen molar-refractivity contribution in [3.63, 3.8) is 0 Å². The van der Waals surface area contributed by atoms with Crippen molar-refractivity contribution in [2.45, 2.75) is 25.8 Å². The highest BCUT2D eigenvalue weighted by Gasteiger charge is 2.09. The van der Waals surface area contributed by atoms with Gasteiger partial charge in [0.1, 0.15) is 0 Å². The highest BCUT2D eigenvalue weighted by atomic mass is 16.5. The van der Waals surface area contributed by atoms with E-state index in [2.05, 4.69) is 11.8 Å². The van der Waals surface area contributed by atoms with E-state index in [4.69, 9.17) is 10.5 Å². The fourth-order valence-electron chi connectivity index (χ4n) is 1.46. The van der Waals surface area contributed by atoms with Crippen LogP contribution >= 0.6 is 0 Å². The molecule has 1 rings (SSSR count). The number of ether oxygens (including phenoxy) is 1. The molecule has 0 aromatic carbocycles. The summed E-state index contributed by atoms with van der Waals surface area (Å²) in [5.74, 6) is 0. The van der Waals surface area contributed by atoms with Crippen molar-refractivity contribution < 1.29 is 4.74 Å². The fraction of sp³-hybridized carbons (Fsp3) is 1.00. The van der Waals surface area contributed by atoms with Crippen LogP contribution in [-0.2, 0) is 4.74 Å². The first-order valence-electron chi connectivity index (χ1n) is 4.84. The Morgan fingerprint density at radius 3 is 2.67 bits per heavy atom. The smallest absolute Gasteiger partial charge is 0.0594 e. The molecule has 0 spiro atoms. The zero-order valence-corrected chi connectivity index (χ0v) is 7.96. The van der Waals surface area contributed by atoms with E-state index in [1.54, 1.807) is 0 Å². The van der Waals surface area contributed by atoms with Crippen molar-refractivity contribution in [3.8, 4) is 0 Å². The first kappa shape index (κ1) is 9.96. The Morgan fingerprint density at radius 2 is 2.08 bits per heavy atom. The van der Waals surface area contributed by atoms with Crippen molar-refractivity contribution in [1.29, 1.82) is 0 Å². The number of nitrogens with two attached hydrogens (primary N) is 1. The highest BCUT2D eigenvalue weighted by Crippen LogP contribution is 2.00. The summed E-state index contributed by atoms with van der Waals surface area (Å²) in [6, 6.07) is 0.353. The summed E-state index contributed by atoms with van der Waals surface area (Å²) < 4.78 is 5.26. The minimum atomic E-state index is 0.353. The lowest BCUT2D eigenvalue weighted by molar-refractivity contribution is 0.0370. The van der Waals surface area contributed by atoms with Crippen LogP contribution in [0.2, 0.25) is 0 Å². The zero-order chi connectivity index (χ0) is 8.81. The fourth-order valence-corrected chi connectivity index (χ4v) is 1.46. The summed E-state index contributed by atoms with van der Waals surface area (Å²) in [6.45, 7) is 7.25. The summed E-state index contributed by atoms with van der Waals surface area (Å²) in [7, 11) is 0. The van der Waals surface area contributed by atoms with E-state index in [1.165, 1.54) is 13.0 Å². The molecule has 2 N–H and O–H groups in total. The first-order valence-corrected chi connectivity index (χ1v) is 4.84. The van der Waals surface area contributed by atoms with Gasteiger partial charge in [-0.25, -0.2) is 0 Å². The van der Waals surface area contributed by atoms with Crippen molar-refractivity contribution in [2.24, 2.45) is 5.73 Å². The number of hydrogen-bond acceptors (Lipinski definition) is 3. The summed E-state index contributed by atoms with van der Waals surface area (Å²) in [5, 5.41) is 0. The van der Waals surface area contributed by atoms with Crippen molar-refractivity contribution in [2.75, 3.05) is 32.8 Å². The van der Waals surface area contributed by atoms with Gasteiger partial charge in [-0.1, -0.05) is 0 Å². The molecule has 0 bridgehead atoms. The van der Waals surface area contributed by atoms with E-state index in [-0.39, 0.29) is 0 Å². The average molecular weight is 172 g/mol. The van der Waals surface area contributed by atoms with E-state index in [9.17, 15) is 0 Å². The molecule has 0 saturated carbocycles. The lowest BCUT2D eigenvalue weighted by atomic mass is 10.2. The van der Waals surface area contributed by atoms with Gasteiger partial charge in [0.2, 0.25) is 0 Å². The molecule has 1 heterocycles. The van der Waals surface area contributed by atoms with E-state index in [1.807, 2.05) is 0 Å². The Morgan fingerprint density at radius 1 is 1.42 bits per heavy atom. The van der Waals surface area contributed by atoms with Gasteiger partial charge in [-0.2, -0.15) is 0 Å². The van der Waals surface area contributed by atoms with Crippen LogP contribution < -0.4 is 5.73 Å². The van der Waals surface area contributed by atoms with Gasteiger partial charge >= 0.3 is 0 Å². The van der Waals surface area contributed by atoms with Crippen LogP contribution in [0.15, 0.2) is 0 Å². The zero-order valence-electron chi connectivity index (χ0n) is 7.96. The predicted octanol–water partition coefficient (Wildman–Crippen LogP) is 0.446. The standard InChI is InChI=1S/C9H20N2O/c1-9(10)3-2-4-11-5-7-12-8-6-11/h9H,2-8,10H2,1H3/t9-/m0/s1. The van der Waals surface area contributed by atoms with Crippen LogP contribution in [0.5, 0.6) is 0 Å². The minimum absolute atomic E-state index is 0.353. The second-order valence-corrected chi connectivity index (χ2v) is 3.57. The maximum atomic E-state index is 5.66. The number of morpholine rings is 1. The number of hydrogen-bond donors (Lipinski definition) is 1. The largest absolute Gasteiger partial charge is 0.379 e. The third-order valence-electron chi connectivity index (χ3n) is 2.24. The Hall–Kier alpha value is -0.120. The molecule has 0 unspecified atom stereocenters. The van der Waals surface area contributed by atoms with Crippen molar-refractivity contribution >= 4 is 0 Å². The lowest BCUT2D eigenvalue weighted by Crippen LogP contribution is -2.37. The molecule has 1 atom stereocenters. The SMILES string of the molecule is C[C@H](N)CCCN1CCOCC1. The molecule has 0 aromatic heterocycles. The van der Waals surface area contributed by atoms with Gasteiger partial charge in [-0.05, 0) is 26.3 Å². The van der Waals surface area contributed by atoms with Gasteiger partial charge < -0.3 is 10.5 Å². The Balaban J connectivity index is 1.98. The quantitative estimate of drug-likeness (QED) is 0.669. The molecule has 1 aliphatic rings. The molecule has 12 heavy (non-hydrogen) atoms. The molecule has 1 fully saturated rings. The lowest BCUT2D eigenvalue weighted by Gasteiger charge is -2.26. The maximum Gasteiger partial charge on any atom is 0.0594 e. The maximum absolute atomic E-state index is 5.66. The summed E-state index contributed by atoms with van der Waals surface area (Å²) >= 11 is 0. The van der Waals surface area contributed by atoms with Crippen LogP contribution in [0, 0.1) is 0 Å². The van der Waals surface area contributed by atoms with Gasteiger partial charge in [0.15, 0.2) is 0 Å². The normalized spacial score (nSPS) is 22.5. The van der Waals surface area contributed by atoms with E-state index in [0.29, 0.717) is 6.04 Å². The van der Waals surface area contributed by atoms with Gasteiger partial charge in [0.05, 0.1) is 13.2 Å². The molecule has 3 nitrogen and oxygen atoms in total. The van der Waals surface area contributed by atoms with E-state index < -0.39 is 0 Å². The molecule has 1 saturated heterocycles. The van der Waals surface area contributed by atoms with E-state index >= 15 is 0 Å². The average Bonchev–Trinajstić information content (AvgIpc) is 2.05. The number of nitrogens with zero attached hydrogens (tertiary/aromatic N) is 1. The monoisotopic (exact) mass is 172 g/mol. The topological polar surface area (TPSA) is 38.5 Å². The van der Waals surface area contributed by atoms with Crippen LogP contribution in [0.1, 0.15) is 19.8 Å². The molecule has 0 radical (unpaired) electrons. The Kier molecular flexibility index (Phi) is 4.58.